The standard InChI is InChI=1S/C52H31N3S/c1-3-15-36-32(12-1)14-9-19-37(36)34-26-28-35(29-27-34)48-45-18-5-7-24-46(45)53-52(54-48)55-49-38-16-4-2-13-33(38)30-31-42(49)40-20-10-21-41(50(40)55)44-23-11-22-43-39-17-6-8-25-47(39)56-51(43)44/h1-31H. The molecule has 0 aliphatic heterocycles. The van der Waals surface area contributed by atoms with Crippen molar-refractivity contribution in [2.75, 3.05) is 0 Å². The van der Waals surface area contributed by atoms with Gasteiger partial charge in [0.2, 0.25) is 5.95 Å². The molecule has 3 heterocycles. The van der Waals surface area contributed by atoms with Gasteiger partial charge in [-0.3, -0.25) is 4.57 Å². The second kappa shape index (κ2) is 12.2. The molecule has 260 valence electrons. The Morgan fingerprint density at radius 1 is 0.357 bits per heavy atom. The number of fused-ring (bicyclic) bond motifs is 10. The molecule has 56 heavy (non-hydrogen) atoms. The average Bonchev–Trinajstić information content (AvgIpc) is 3.82. The number of benzene rings is 9. The minimum atomic E-state index is 0.657. The summed E-state index contributed by atoms with van der Waals surface area (Å²) in [5.41, 5.74) is 9.87. The number of para-hydroxylation sites is 2. The molecule has 12 aromatic rings. The van der Waals surface area contributed by atoms with Gasteiger partial charge < -0.3 is 0 Å². The molecule has 0 fully saturated rings. The summed E-state index contributed by atoms with van der Waals surface area (Å²) in [6.07, 6.45) is 0. The van der Waals surface area contributed by atoms with E-state index in [0.29, 0.717) is 5.95 Å². The maximum atomic E-state index is 5.56. The van der Waals surface area contributed by atoms with Crippen molar-refractivity contribution in [3.8, 4) is 39.5 Å². The van der Waals surface area contributed by atoms with Crippen LogP contribution in [0.2, 0.25) is 0 Å². The molecule has 0 saturated carbocycles. The third-order valence-corrected chi connectivity index (χ3v) is 12.6. The SMILES string of the molecule is c1ccc2c(-c3ccc(-c4nc(-n5c6c(-c7cccc8c7sc7ccccc78)cccc6c6ccc7ccccc7c65)nc5ccccc45)cc3)cccc2c1. The number of thiophene rings is 1. The fourth-order valence-electron chi connectivity index (χ4n) is 8.87. The second-order valence-corrected chi connectivity index (χ2v) is 15.5. The van der Waals surface area contributed by atoms with Crippen LogP contribution >= 0.6 is 11.3 Å². The maximum Gasteiger partial charge on any atom is 0.235 e. The maximum absolute atomic E-state index is 5.56. The van der Waals surface area contributed by atoms with Crippen LogP contribution in [-0.2, 0) is 0 Å². The highest BCUT2D eigenvalue weighted by Gasteiger charge is 2.23. The monoisotopic (exact) mass is 729 g/mol. The first-order chi connectivity index (χ1) is 27.8. The quantitative estimate of drug-likeness (QED) is 0.181. The predicted molar refractivity (Wildman–Crippen MR) is 238 cm³/mol. The molecule has 3 nitrogen and oxygen atoms in total. The summed E-state index contributed by atoms with van der Waals surface area (Å²) in [4.78, 5) is 11.0. The van der Waals surface area contributed by atoms with Crippen molar-refractivity contribution in [3.05, 3.63) is 188 Å². The van der Waals surface area contributed by atoms with E-state index in [-0.39, 0.29) is 0 Å². The Bertz CT molecular complexity index is 3530. The van der Waals surface area contributed by atoms with Crippen molar-refractivity contribution in [1.82, 2.24) is 14.5 Å². The lowest BCUT2D eigenvalue weighted by molar-refractivity contribution is 1.02. The van der Waals surface area contributed by atoms with Gasteiger partial charge >= 0.3 is 0 Å². The van der Waals surface area contributed by atoms with E-state index in [4.69, 9.17) is 9.97 Å². The summed E-state index contributed by atoms with van der Waals surface area (Å²) >= 11 is 1.86. The van der Waals surface area contributed by atoms with Crippen molar-refractivity contribution in [3.63, 3.8) is 0 Å². The Labute approximate surface area is 326 Å². The van der Waals surface area contributed by atoms with Gasteiger partial charge in [-0.2, -0.15) is 0 Å². The first-order valence-electron chi connectivity index (χ1n) is 19.0. The van der Waals surface area contributed by atoms with Crippen molar-refractivity contribution >= 4 is 85.8 Å². The molecular formula is C52H31N3S. The molecule has 3 aromatic heterocycles. The van der Waals surface area contributed by atoms with Crippen LogP contribution < -0.4 is 0 Å². The average molecular weight is 730 g/mol. The molecule has 12 rings (SSSR count). The Balaban J connectivity index is 1.15. The second-order valence-electron chi connectivity index (χ2n) is 14.5. The summed E-state index contributed by atoms with van der Waals surface area (Å²) in [5, 5.41) is 10.8. The summed E-state index contributed by atoms with van der Waals surface area (Å²) < 4.78 is 4.92. The number of rotatable bonds is 4. The van der Waals surface area contributed by atoms with E-state index in [1.807, 2.05) is 11.3 Å². The lowest BCUT2D eigenvalue weighted by Crippen LogP contribution is -2.04. The molecular weight excluding hydrogens is 699 g/mol. The fourth-order valence-corrected chi connectivity index (χ4v) is 10.1. The minimum absolute atomic E-state index is 0.657. The summed E-state index contributed by atoms with van der Waals surface area (Å²) in [6.45, 7) is 0. The Hall–Kier alpha value is -7.14. The van der Waals surface area contributed by atoms with Gasteiger partial charge in [0, 0.05) is 58.4 Å². The molecule has 0 bridgehead atoms. The molecule has 0 spiro atoms. The highest BCUT2D eigenvalue weighted by molar-refractivity contribution is 7.26. The Morgan fingerprint density at radius 2 is 0.946 bits per heavy atom. The van der Waals surface area contributed by atoms with E-state index in [2.05, 4.69) is 193 Å². The molecule has 0 aliphatic carbocycles. The highest BCUT2D eigenvalue weighted by atomic mass is 32.1. The normalized spacial score (nSPS) is 11.9. The van der Waals surface area contributed by atoms with E-state index in [1.165, 1.54) is 69.2 Å². The van der Waals surface area contributed by atoms with Gasteiger partial charge in [0.15, 0.2) is 0 Å². The Morgan fingerprint density at radius 3 is 1.80 bits per heavy atom. The van der Waals surface area contributed by atoms with Crippen molar-refractivity contribution in [2.45, 2.75) is 0 Å². The Kier molecular flexibility index (Phi) is 6.80. The lowest BCUT2D eigenvalue weighted by Gasteiger charge is -2.15. The molecule has 0 amide bonds. The van der Waals surface area contributed by atoms with Crippen molar-refractivity contribution < 1.29 is 0 Å². The van der Waals surface area contributed by atoms with E-state index in [1.54, 1.807) is 0 Å². The van der Waals surface area contributed by atoms with Crippen LogP contribution in [0.3, 0.4) is 0 Å². The number of hydrogen-bond acceptors (Lipinski definition) is 3. The van der Waals surface area contributed by atoms with Gasteiger partial charge in [0.25, 0.3) is 0 Å². The van der Waals surface area contributed by atoms with Crippen LogP contribution in [0, 0.1) is 0 Å². The lowest BCUT2D eigenvalue weighted by atomic mass is 9.96. The third kappa shape index (κ3) is 4.63. The van der Waals surface area contributed by atoms with E-state index < -0.39 is 0 Å². The fraction of sp³-hybridized carbons (Fsp3) is 0. The van der Waals surface area contributed by atoms with Crippen LogP contribution in [-0.4, -0.2) is 14.5 Å². The smallest absolute Gasteiger partial charge is 0.235 e. The zero-order valence-corrected chi connectivity index (χ0v) is 31.0. The van der Waals surface area contributed by atoms with Crippen LogP contribution in [0.15, 0.2) is 188 Å². The molecule has 0 unspecified atom stereocenters. The first-order valence-corrected chi connectivity index (χ1v) is 19.8. The van der Waals surface area contributed by atoms with E-state index in [0.717, 1.165) is 38.8 Å². The van der Waals surface area contributed by atoms with Crippen LogP contribution in [0.4, 0.5) is 0 Å². The molecule has 0 atom stereocenters. The first kappa shape index (κ1) is 31.2. The van der Waals surface area contributed by atoms with Gasteiger partial charge in [0.1, 0.15) is 0 Å². The van der Waals surface area contributed by atoms with E-state index in [9.17, 15) is 0 Å². The van der Waals surface area contributed by atoms with Gasteiger partial charge in [-0.15, -0.1) is 11.3 Å². The van der Waals surface area contributed by atoms with Crippen LogP contribution in [0.25, 0.3) is 114 Å². The molecule has 0 radical (unpaired) electrons. The largest absolute Gasteiger partial charge is 0.277 e. The third-order valence-electron chi connectivity index (χ3n) is 11.4. The highest BCUT2D eigenvalue weighted by Crippen LogP contribution is 2.45. The summed E-state index contributed by atoms with van der Waals surface area (Å²) in [7, 11) is 0. The molecule has 4 heteroatoms. The number of aromatic nitrogens is 3. The van der Waals surface area contributed by atoms with Gasteiger partial charge in [-0.05, 0) is 39.4 Å². The predicted octanol–water partition coefficient (Wildman–Crippen LogP) is 14.4. The van der Waals surface area contributed by atoms with Crippen LogP contribution in [0.5, 0.6) is 0 Å². The van der Waals surface area contributed by atoms with E-state index >= 15 is 0 Å². The summed E-state index contributed by atoms with van der Waals surface area (Å²) in [6, 6.07) is 67.8. The van der Waals surface area contributed by atoms with Crippen molar-refractivity contribution in [1.29, 1.82) is 0 Å². The van der Waals surface area contributed by atoms with Gasteiger partial charge in [0.05, 0.1) is 22.2 Å². The van der Waals surface area contributed by atoms with Crippen LogP contribution in [0.1, 0.15) is 0 Å². The number of hydrogen-bond donors (Lipinski definition) is 0. The van der Waals surface area contributed by atoms with Crippen molar-refractivity contribution in [2.24, 2.45) is 0 Å². The molecule has 0 saturated heterocycles. The topological polar surface area (TPSA) is 30.7 Å². The molecule has 9 aromatic carbocycles. The number of nitrogens with zero attached hydrogens (tertiary/aromatic N) is 3. The van der Waals surface area contributed by atoms with Gasteiger partial charge in [-0.25, -0.2) is 9.97 Å². The summed E-state index contributed by atoms with van der Waals surface area (Å²) in [5.74, 6) is 0.657. The zero-order valence-electron chi connectivity index (χ0n) is 30.1. The zero-order chi connectivity index (χ0) is 36.7. The van der Waals surface area contributed by atoms with Gasteiger partial charge in [-0.1, -0.05) is 176 Å². The minimum Gasteiger partial charge on any atom is -0.277 e. The molecule has 0 aliphatic rings. The molecule has 0 N–H and O–H groups in total.